The number of rotatable bonds is 3. The van der Waals surface area contributed by atoms with Crippen molar-refractivity contribution >= 4 is 5.84 Å². The van der Waals surface area contributed by atoms with Gasteiger partial charge in [0.2, 0.25) is 0 Å². The Hall–Kier alpha value is -0.570. The normalized spacial score (nSPS) is 18.6. The van der Waals surface area contributed by atoms with Crippen LogP contribution in [-0.4, -0.2) is 29.6 Å². The van der Waals surface area contributed by atoms with Crippen molar-refractivity contribution in [2.45, 2.75) is 51.5 Å². The van der Waals surface area contributed by atoms with Crippen LogP contribution in [0.5, 0.6) is 0 Å². The second kappa shape index (κ2) is 5.35. The number of aliphatic imine (C=N–C) groups is 1. The Bertz CT molecular complexity index is 199. The minimum Gasteiger partial charge on any atom is -0.396 e. The lowest BCUT2D eigenvalue weighted by Crippen LogP contribution is -2.44. The molecule has 0 saturated carbocycles. The van der Waals surface area contributed by atoms with Gasteiger partial charge in [0.15, 0.2) is 0 Å². The molecule has 2 N–H and O–H groups in total. The molecule has 0 fully saturated rings. The highest BCUT2D eigenvalue weighted by Crippen LogP contribution is 2.11. The van der Waals surface area contributed by atoms with Crippen molar-refractivity contribution in [1.82, 2.24) is 5.32 Å². The van der Waals surface area contributed by atoms with Gasteiger partial charge in [0, 0.05) is 25.1 Å². The molecule has 3 heteroatoms. The smallest absolute Gasteiger partial charge is 0.0967 e. The van der Waals surface area contributed by atoms with Gasteiger partial charge in [0.25, 0.3) is 0 Å². The molecule has 1 aliphatic heterocycles. The zero-order chi connectivity index (χ0) is 10.4. The SMILES string of the molecule is CC(C)(CCO)NC1=NCCCCC1. The highest BCUT2D eigenvalue weighted by Gasteiger charge is 2.18. The predicted octanol–water partition coefficient (Wildman–Crippen LogP) is 1.71. The summed E-state index contributed by atoms with van der Waals surface area (Å²) in [6.45, 7) is 5.40. The summed E-state index contributed by atoms with van der Waals surface area (Å²) in [5.74, 6) is 1.13. The molecule has 0 radical (unpaired) electrons. The Morgan fingerprint density at radius 1 is 1.36 bits per heavy atom. The monoisotopic (exact) mass is 198 g/mol. The Labute approximate surface area is 86.6 Å². The first kappa shape index (κ1) is 11.5. The molecule has 0 aromatic heterocycles. The summed E-state index contributed by atoms with van der Waals surface area (Å²) >= 11 is 0. The second-order valence-electron chi connectivity index (χ2n) is 4.62. The van der Waals surface area contributed by atoms with Gasteiger partial charge in [-0.25, -0.2) is 0 Å². The van der Waals surface area contributed by atoms with Gasteiger partial charge in [-0.3, -0.25) is 4.99 Å². The van der Waals surface area contributed by atoms with E-state index in [0.717, 1.165) is 25.2 Å². The third-order valence-corrected chi connectivity index (χ3v) is 2.59. The van der Waals surface area contributed by atoms with E-state index in [1.54, 1.807) is 0 Å². The van der Waals surface area contributed by atoms with Crippen LogP contribution in [0.25, 0.3) is 0 Å². The summed E-state index contributed by atoms with van der Waals surface area (Å²) in [5, 5.41) is 12.3. The fourth-order valence-corrected chi connectivity index (χ4v) is 1.71. The van der Waals surface area contributed by atoms with Crippen molar-refractivity contribution in [1.29, 1.82) is 0 Å². The van der Waals surface area contributed by atoms with Crippen molar-refractivity contribution in [3.05, 3.63) is 0 Å². The third-order valence-electron chi connectivity index (χ3n) is 2.59. The van der Waals surface area contributed by atoms with E-state index in [4.69, 9.17) is 5.11 Å². The van der Waals surface area contributed by atoms with E-state index in [9.17, 15) is 0 Å². The molecule has 0 amide bonds. The van der Waals surface area contributed by atoms with E-state index in [2.05, 4.69) is 24.2 Å². The average molecular weight is 198 g/mol. The topological polar surface area (TPSA) is 44.6 Å². The minimum atomic E-state index is -0.0298. The van der Waals surface area contributed by atoms with Crippen LogP contribution in [0.4, 0.5) is 0 Å². The number of nitrogens with zero attached hydrogens (tertiary/aromatic N) is 1. The molecule has 1 heterocycles. The van der Waals surface area contributed by atoms with Crippen molar-refractivity contribution in [3.63, 3.8) is 0 Å². The van der Waals surface area contributed by atoms with Crippen LogP contribution < -0.4 is 5.32 Å². The zero-order valence-corrected chi connectivity index (χ0v) is 9.34. The summed E-state index contributed by atoms with van der Waals surface area (Å²) in [6, 6.07) is 0. The number of amidine groups is 1. The number of nitrogens with one attached hydrogen (secondary N) is 1. The molecule has 0 bridgehead atoms. The molecule has 0 aliphatic carbocycles. The highest BCUT2D eigenvalue weighted by atomic mass is 16.3. The summed E-state index contributed by atoms with van der Waals surface area (Å²) in [6.07, 6.45) is 5.57. The van der Waals surface area contributed by atoms with Gasteiger partial charge in [-0.15, -0.1) is 0 Å². The maximum absolute atomic E-state index is 8.91. The molecule has 14 heavy (non-hydrogen) atoms. The Morgan fingerprint density at radius 3 is 2.86 bits per heavy atom. The van der Waals surface area contributed by atoms with Crippen LogP contribution in [0.15, 0.2) is 4.99 Å². The molecular formula is C11H22N2O. The third kappa shape index (κ3) is 4.09. The quantitative estimate of drug-likeness (QED) is 0.725. The molecule has 0 atom stereocenters. The first-order valence-corrected chi connectivity index (χ1v) is 5.56. The van der Waals surface area contributed by atoms with Crippen LogP contribution in [0, 0.1) is 0 Å². The van der Waals surface area contributed by atoms with E-state index in [1.807, 2.05) is 0 Å². The van der Waals surface area contributed by atoms with Crippen LogP contribution in [0.3, 0.4) is 0 Å². The zero-order valence-electron chi connectivity index (χ0n) is 9.34. The number of aliphatic hydroxyl groups is 1. The molecule has 0 unspecified atom stereocenters. The predicted molar refractivity (Wildman–Crippen MR) is 59.7 cm³/mol. The lowest BCUT2D eigenvalue weighted by molar-refractivity contribution is 0.244. The lowest BCUT2D eigenvalue weighted by atomic mass is 10.0. The Balaban J connectivity index is 2.44. The van der Waals surface area contributed by atoms with Gasteiger partial charge in [-0.1, -0.05) is 6.42 Å². The van der Waals surface area contributed by atoms with Crippen molar-refractivity contribution in [2.24, 2.45) is 4.99 Å². The summed E-state index contributed by atoms with van der Waals surface area (Å²) in [7, 11) is 0. The highest BCUT2D eigenvalue weighted by molar-refractivity contribution is 5.83. The first-order valence-electron chi connectivity index (χ1n) is 5.56. The van der Waals surface area contributed by atoms with Gasteiger partial charge in [0.05, 0.1) is 5.84 Å². The van der Waals surface area contributed by atoms with Gasteiger partial charge >= 0.3 is 0 Å². The molecule has 0 saturated heterocycles. The van der Waals surface area contributed by atoms with E-state index in [0.29, 0.717) is 0 Å². The molecular weight excluding hydrogens is 176 g/mol. The van der Waals surface area contributed by atoms with Crippen molar-refractivity contribution in [2.75, 3.05) is 13.2 Å². The standard InChI is InChI=1S/C11H22N2O/c1-11(2,7-9-14)13-10-6-4-3-5-8-12-10/h14H,3-9H2,1-2H3,(H,12,13). The van der Waals surface area contributed by atoms with Crippen LogP contribution in [0.2, 0.25) is 0 Å². The van der Waals surface area contributed by atoms with E-state index < -0.39 is 0 Å². The molecule has 0 spiro atoms. The fourth-order valence-electron chi connectivity index (χ4n) is 1.71. The Kier molecular flexibility index (Phi) is 4.39. The molecule has 0 aromatic rings. The summed E-state index contributed by atoms with van der Waals surface area (Å²) < 4.78 is 0. The molecule has 1 rings (SSSR count). The van der Waals surface area contributed by atoms with E-state index in [-0.39, 0.29) is 12.1 Å². The van der Waals surface area contributed by atoms with Gasteiger partial charge in [-0.2, -0.15) is 0 Å². The largest absolute Gasteiger partial charge is 0.396 e. The molecule has 82 valence electrons. The maximum Gasteiger partial charge on any atom is 0.0967 e. The maximum atomic E-state index is 8.91. The summed E-state index contributed by atoms with van der Waals surface area (Å²) in [5.41, 5.74) is -0.0298. The number of hydrogen-bond acceptors (Lipinski definition) is 3. The first-order chi connectivity index (χ1) is 6.64. The van der Waals surface area contributed by atoms with Crippen LogP contribution in [0.1, 0.15) is 46.0 Å². The van der Waals surface area contributed by atoms with Gasteiger partial charge < -0.3 is 10.4 Å². The fraction of sp³-hybridized carbons (Fsp3) is 0.909. The van der Waals surface area contributed by atoms with Crippen molar-refractivity contribution < 1.29 is 5.11 Å². The lowest BCUT2D eigenvalue weighted by Gasteiger charge is -2.27. The van der Waals surface area contributed by atoms with Crippen LogP contribution in [-0.2, 0) is 0 Å². The van der Waals surface area contributed by atoms with Gasteiger partial charge in [-0.05, 0) is 33.1 Å². The van der Waals surface area contributed by atoms with E-state index in [1.165, 1.54) is 19.3 Å². The second-order valence-corrected chi connectivity index (χ2v) is 4.62. The van der Waals surface area contributed by atoms with Crippen LogP contribution >= 0.6 is 0 Å². The number of aliphatic hydroxyl groups excluding tert-OH is 1. The van der Waals surface area contributed by atoms with Crippen molar-refractivity contribution in [3.8, 4) is 0 Å². The number of hydrogen-bond donors (Lipinski definition) is 2. The van der Waals surface area contributed by atoms with E-state index >= 15 is 0 Å². The Morgan fingerprint density at radius 2 is 2.14 bits per heavy atom. The average Bonchev–Trinajstić information content (AvgIpc) is 2.31. The minimum absolute atomic E-state index is 0.0298. The molecule has 0 aromatic carbocycles. The molecule has 3 nitrogen and oxygen atoms in total. The van der Waals surface area contributed by atoms with Gasteiger partial charge in [0.1, 0.15) is 0 Å². The summed E-state index contributed by atoms with van der Waals surface area (Å²) in [4.78, 5) is 4.51. The molecule has 1 aliphatic rings.